The Bertz CT molecular complexity index is 703. The van der Waals surface area contributed by atoms with Gasteiger partial charge in [0.2, 0.25) is 5.91 Å². The van der Waals surface area contributed by atoms with Crippen LogP contribution in [0.15, 0.2) is 53.0 Å². The first-order chi connectivity index (χ1) is 11.0. The van der Waals surface area contributed by atoms with Gasteiger partial charge in [0.25, 0.3) is 0 Å². The Hall–Kier alpha value is -2.01. The Balaban J connectivity index is 1.90. The van der Waals surface area contributed by atoms with Crippen LogP contribution >= 0.6 is 15.9 Å². The van der Waals surface area contributed by atoms with Crippen LogP contribution in [0.2, 0.25) is 0 Å². The first kappa shape index (κ1) is 17.3. The van der Waals surface area contributed by atoms with Crippen molar-refractivity contribution in [2.75, 3.05) is 7.05 Å². The molecule has 2 aromatic rings. The average Bonchev–Trinajstić information content (AvgIpc) is 2.56. The summed E-state index contributed by atoms with van der Waals surface area (Å²) in [5, 5.41) is 0. The number of nitrogens with zero attached hydrogens (tertiary/aromatic N) is 1. The van der Waals surface area contributed by atoms with Gasteiger partial charge in [0, 0.05) is 42.0 Å². The molecular formula is C18H17BrFNO2. The summed E-state index contributed by atoms with van der Waals surface area (Å²) in [5.74, 6) is -0.608. The van der Waals surface area contributed by atoms with Gasteiger partial charge in [0.1, 0.15) is 5.82 Å². The average molecular weight is 378 g/mol. The highest BCUT2D eigenvalue weighted by molar-refractivity contribution is 9.10. The van der Waals surface area contributed by atoms with Gasteiger partial charge in [-0.15, -0.1) is 0 Å². The predicted octanol–water partition coefficient (Wildman–Crippen LogP) is 4.21. The fraction of sp³-hybridized carbons (Fsp3) is 0.222. The van der Waals surface area contributed by atoms with Crippen molar-refractivity contribution in [2.45, 2.75) is 19.4 Å². The van der Waals surface area contributed by atoms with Crippen LogP contribution in [0.5, 0.6) is 0 Å². The van der Waals surface area contributed by atoms with E-state index < -0.39 is 0 Å². The summed E-state index contributed by atoms with van der Waals surface area (Å²) >= 11 is 3.28. The molecular weight excluding hydrogens is 361 g/mol. The number of Topliss-reactive ketones (excluding diaryl/α,β-unsaturated/α-hetero) is 1. The van der Waals surface area contributed by atoms with E-state index in [0.29, 0.717) is 11.1 Å². The first-order valence-electron chi connectivity index (χ1n) is 7.23. The van der Waals surface area contributed by atoms with E-state index in [1.165, 1.54) is 11.0 Å². The molecule has 5 heteroatoms. The summed E-state index contributed by atoms with van der Waals surface area (Å²) in [6.45, 7) is 0.170. The van der Waals surface area contributed by atoms with Crippen LogP contribution < -0.4 is 0 Å². The van der Waals surface area contributed by atoms with Gasteiger partial charge in [0.05, 0.1) is 0 Å². The minimum absolute atomic E-state index is 0.0685. The lowest BCUT2D eigenvalue weighted by Crippen LogP contribution is -2.27. The van der Waals surface area contributed by atoms with Gasteiger partial charge in [0.15, 0.2) is 5.78 Å². The molecule has 1 amide bonds. The van der Waals surface area contributed by atoms with Crippen LogP contribution in [0.3, 0.4) is 0 Å². The standard InChI is InChI=1S/C18H17BrFNO2/c1-21(12-14-11-15(19)7-8-16(14)20)18(23)10-9-17(22)13-5-3-2-4-6-13/h2-8,11H,9-10,12H2,1H3. The van der Waals surface area contributed by atoms with Crippen LogP contribution in [-0.4, -0.2) is 23.6 Å². The summed E-state index contributed by atoms with van der Waals surface area (Å²) in [4.78, 5) is 25.5. The number of halogens is 2. The smallest absolute Gasteiger partial charge is 0.223 e. The minimum Gasteiger partial charge on any atom is -0.341 e. The van der Waals surface area contributed by atoms with E-state index >= 15 is 0 Å². The molecule has 0 fully saturated rings. The van der Waals surface area contributed by atoms with Crippen LogP contribution in [0, 0.1) is 5.82 Å². The zero-order chi connectivity index (χ0) is 16.8. The molecule has 0 aliphatic rings. The quantitative estimate of drug-likeness (QED) is 0.707. The van der Waals surface area contributed by atoms with Crippen molar-refractivity contribution in [1.82, 2.24) is 4.90 Å². The monoisotopic (exact) mass is 377 g/mol. The molecule has 0 saturated carbocycles. The van der Waals surface area contributed by atoms with Crippen molar-refractivity contribution in [1.29, 1.82) is 0 Å². The second kappa shape index (κ2) is 8.02. The van der Waals surface area contributed by atoms with Gasteiger partial charge in [-0.2, -0.15) is 0 Å². The second-order valence-electron chi connectivity index (χ2n) is 5.27. The predicted molar refractivity (Wildman–Crippen MR) is 90.6 cm³/mol. The number of hydrogen-bond acceptors (Lipinski definition) is 2. The van der Waals surface area contributed by atoms with Gasteiger partial charge in [-0.25, -0.2) is 4.39 Å². The molecule has 23 heavy (non-hydrogen) atoms. The third-order valence-corrected chi connectivity index (χ3v) is 4.00. The molecule has 0 heterocycles. The Morgan fingerprint density at radius 1 is 1.09 bits per heavy atom. The van der Waals surface area contributed by atoms with Gasteiger partial charge in [-0.1, -0.05) is 46.3 Å². The molecule has 0 radical (unpaired) electrons. The fourth-order valence-electron chi connectivity index (χ4n) is 2.19. The maximum absolute atomic E-state index is 13.7. The van der Waals surface area contributed by atoms with E-state index in [1.54, 1.807) is 43.4 Å². The van der Waals surface area contributed by atoms with E-state index in [9.17, 15) is 14.0 Å². The Morgan fingerprint density at radius 2 is 1.78 bits per heavy atom. The molecule has 0 aliphatic carbocycles. The lowest BCUT2D eigenvalue weighted by molar-refractivity contribution is -0.130. The van der Waals surface area contributed by atoms with Gasteiger partial charge < -0.3 is 4.90 Å². The lowest BCUT2D eigenvalue weighted by atomic mass is 10.1. The molecule has 120 valence electrons. The van der Waals surface area contributed by atoms with E-state index in [4.69, 9.17) is 0 Å². The molecule has 0 aliphatic heterocycles. The van der Waals surface area contributed by atoms with Crippen molar-refractivity contribution in [3.8, 4) is 0 Å². The maximum Gasteiger partial charge on any atom is 0.223 e. The van der Waals surface area contributed by atoms with Crippen LogP contribution in [0.4, 0.5) is 4.39 Å². The van der Waals surface area contributed by atoms with E-state index in [1.807, 2.05) is 6.07 Å². The molecule has 2 aromatic carbocycles. The van der Waals surface area contributed by atoms with Crippen molar-refractivity contribution in [2.24, 2.45) is 0 Å². The van der Waals surface area contributed by atoms with E-state index in [2.05, 4.69) is 15.9 Å². The highest BCUT2D eigenvalue weighted by Crippen LogP contribution is 2.17. The molecule has 0 unspecified atom stereocenters. The highest BCUT2D eigenvalue weighted by atomic mass is 79.9. The molecule has 0 N–H and O–H groups in total. The van der Waals surface area contributed by atoms with E-state index in [0.717, 1.165) is 4.47 Å². The summed E-state index contributed by atoms with van der Waals surface area (Å²) in [6, 6.07) is 13.5. The van der Waals surface area contributed by atoms with Crippen LogP contribution in [0.1, 0.15) is 28.8 Å². The third-order valence-electron chi connectivity index (χ3n) is 3.50. The van der Waals surface area contributed by atoms with Gasteiger partial charge in [-0.3, -0.25) is 9.59 Å². The van der Waals surface area contributed by atoms with Gasteiger partial charge >= 0.3 is 0 Å². The van der Waals surface area contributed by atoms with Crippen LogP contribution in [0.25, 0.3) is 0 Å². The Kier molecular flexibility index (Phi) is 6.04. The largest absolute Gasteiger partial charge is 0.341 e. The number of benzene rings is 2. The van der Waals surface area contributed by atoms with E-state index in [-0.39, 0.29) is 36.9 Å². The zero-order valence-electron chi connectivity index (χ0n) is 12.8. The zero-order valence-corrected chi connectivity index (χ0v) is 14.3. The van der Waals surface area contributed by atoms with Gasteiger partial charge in [-0.05, 0) is 18.2 Å². The van der Waals surface area contributed by atoms with Crippen LogP contribution in [-0.2, 0) is 11.3 Å². The fourth-order valence-corrected chi connectivity index (χ4v) is 2.60. The molecule has 0 spiro atoms. The maximum atomic E-state index is 13.7. The minimum atomic E-state index is -0.354. The Labute approximate surface area is 143 Å². The summed E-state index contributed by atoms with van der Waals surface area (Å²) in [7, 11) is 1.61. The molecule has 3 nitrogen and oxygen atoms in total. The molecule has 0 atom stereocenters. The molecule has 2 rings (SSSR count). The number of ketones is 1. The Morgan fingerprint density at radius 3 is 2.48 bits per heavy atom. The number of carbonyl (C=O) groups excluding carboxylic acids is 2. The number of rotatable bonds is 6. The first-order valence-corrected chi connectivity index (χ1v) is 8.03. The number of hydrogen-bond donors (Lipinski definition) is 0. The molecule has 0 aromatic heterocycles. The molecule has 0 saturated heterocycles. The number of amides is 1. The topological polar surface area (TPSA) is 37.4 Å². The molecule has 0 bridgehead atoms. The van der Waals surface area contributed by atoms with Crippen molar-refractivity contribution < 1.29 is 14.0 Å². The lowest BCUT2D eigenvalue weighted by Gasteiger charge is -2.17. The van der Waals surface area contributed by atoms with Crippen molar-refractivity contribution in [3.05, 3.63) is 69.9 Å². The summed E-state index contributed by atoms with van der Waals surface area (Å²) < 4.78 is 14.5. The van der Waals surface area contributed by atoms with Crippen molar-refractivity contribution >= 4 is 27.6 Å². The summed E-state index contributed by atoms with van der Waals surface area (Å²) in [5.41, 5.74) is 1.03. The summed E-state index contributed by atoms with van der Waals surface area (Å²) in [6.07, 6.45) is 0.258. The van der Waals surface area contributed by atoms with Crippen molar-refractivity contribution in [3.63, 3.8) is 0 Å². The normalized spacial score (nSPS) is 10.4. The number of carbonyl (C=O) groups is 2. The third kappa shape index (κ3) is 4.99. The highest BCUT2D eigenvalue weighted by Gasteiger charge is 2.14. The SMILES string of the molecule is CN(Cc1cc(Br)ccc1F)C(=O)CCC(=O)c1ccccc1. The second-order valence-corrected chi connectivity index (χ2v) is 6.19.